The number of hydrogen-bond acceptors (Lipinski definition) is 4. The van der Waals surface area contributed by atoms with Crippen LogP contribution in [0.4, 0.5) is 18.9 Å². The van der Waals surface area contributed by atoms with E-state index in [1.54, 1.807) is 18.2 Å². The molecule has 4 rings (SSSR count). The molecule has 0 saturated carbocycles. The predicted octanol–water partition coefficient (Wildman–Crippen LogP) is 8.99. The molecule has 0 aliphatic carbocycles. The Bertz CT molecular complexity index is 1190. The molecule has 1 nitrogen and oxygen atoms in total. The first-order chi connectivity index (χ1) is 16.0. The minimum absolute atomic E-state index is 0.298. The van der Waals surface area contributed by atoms with Gasteiger partial charge in [0.05, 0.1) is 5.69 Å². The standard InChI is InChI=1S/C26H20F3NS3/c1-2-30-26-24(32-21-10-4-7-18(28)13-21)15-23(31-20-9-3-6-17(27)12-20)16-25(26)33-22-11-5-8-19(29)14-22/h3-16,30H,2H2,1H3. The molecule has 7 heteroatoms. The first kappa shape index (κ1) is 23.7. The molecule has 0 atom stereocenters. The van der Waals surface area contributed by atoms with E-state index in [0.717, 1.165) is 35.1 Å². The van der Waals surface area contributed by atoms with Crippen LogP contribution in [0.3, 0.4) is 0 Å². The van der Waals surface area contributed by atoms with E-state index in [0.29, 0.717) is 6.54 Å². The van der Waals surface area contributed by atoms with E-state index in [2.05, 4.69) is 5.32 Å². The van der Waals surface area contributed by atoms with E-state index >= 15 is 0 Å². The van der Waals surface area contributed by atoms with Crippen molar-refractivity contribution in [1.29, 1.82) is 0 Å². The smallest absolute Gasteiger partial charge is 0.124 e. The fraction of sp³-hybridized carbons (Fsp3) is 0.0769. The lowest BCUT2D eigenvalue weighted by molar-refractivity contribution is 0.624. The molecule has 0 aliphatic heterocycles. The highest BCUT2D eigenvalue weighted by Crippen LogP contribution is 2.45. The fourth-order valence-electron chi connectivity index (χ4n) is 3.12. The third kappa shape index (κ3) is 6.53. The Morgan fingerprint density at radius 2 is 1.00 bits per heavy atom. The van der Waals surface area contributed by atoms with Crippen LogP contribution >= 0.6 is 35.3 Å². The van der Waals surface area contributed by atoms with Crippen molar-refractivity contribution in [3.8, 4) is 0 Å². The van der Waals surface area contributed by atoms with Crippen LogP contribution in [-0.4, -0.2) is 6.54 Å². The molecule has 0 spiro atoms. The van der Waals surface area contributed by atoms with Crippen LogP contribution in [0.1, 0.15) is 6.92 Å². The van der Waals surface area contributed by atoms with E-state index in [-0.39, 0.29) is 17.5 Å². The van der Waals surface area contributed by atoms with Crippen LogP contribution in [-0.2, 0) is 0 Å². The number of rotatable bonds is 8. The van der Waals surface area contributed by atoms with Crippen molar-refractivity contribution in [2.45, 2.75) is 36.3 Å². The lowest BCUT2D eigenvalue weighted by Crippen LogP contribution is -2.01. The van der Waals surface area contributed by atoms with Crippen molar-refractivity contribution >= 4 is 41.0 Å². The average molecular weight is 500 g/mol. The van der Waals surface area contributed by atoms with Gasteiger partial charge in [-0.05, 0) is 73.7 Å². The molecule has 33 heavy (non-hydrogen) atoms. The SMILES string of the molecule is CCNc1c(Sc2cccc(F)c2)cc(Sc2cccc(F)c2)cc1Sc1cccc(F)c1. The normalized spacial score (nSPS) is 10.9. The molecule has 0 aromatic heterocycles. The second-order valence-electron chi connectivity index (χ2n) is 7.00. The largest absolute Gasteiger partial charge is 0.383 e. The lowest BCUT2D eigenvalue weighted by atomic mass is 10.3. The molecule has 4 aromatic rings. The highest BCUT2D eigenvalue weighted by Gasteiger charge is 2.15. The fourth-order valence-corrected chi connectivity index (χ4v) is 6.36. The summed E-state index contributed by atoms with van der Waals surface area (Å²) in [5, 5.41) is 3.42. The van der Waals surface area contributed by atoms with Crippen LogP contribution in [0, 0.1) is 17.5 Å². The van der Waals surface area contributed by atoms with Crippen molar-refractivity contribution < 1.29 is 13.2 Å². The molecular formula is C26H20F3NS3. The van der Waals surface area contributed by atoms with Gasteiger partial charge in [-0.15, -0.1) is 0 Å². The molecule has 0 saturated heterocycles. The molecule has 0 fully saturated rings. The summed E-state index contributed by atoms with van der Waals surface area (Å²) in [7, 11) is 0. The van der Waals surface area contributed by atoms with E-state index in [1.165, 1.54) is 71.7 Å². The zero-order valence-corrected chi connectivity index (χ0v) is 20.1. The maximum atomic E-state index is 13.8. The average Bonchev–Trinajstić information content (AvgIpc) is 2.76. The second kappa shape index (κ2) is 11.1. The maximum absolute atomic E-state index is 13.8. The molecule has 0 bridgehead atoms. The summed E-state index contributed by atoms with van der Waals surface area (Å²) in [4.78, 5) is 5.02. The number of halogens is 3. The molecule has 168 valence electrons. The Balaban J connectivity index is 1.78. The van der Waals surface area contributed by atoms with Crippen LogP contribution in [0.5, 0.6) is 0 Å². The topological polar surface area (TPSA) is 12.0 Å². The molecular weight excluding hydrogens is 479 g/mol. The Kier molecular flexibility index (Phi) is 7.96. The molecule has 0 aliphatic rings. The van der Waals surface area contributed by atoms with Crippen molar-refractivity contribution in [2.75, 3.05) is 11.9 Å². The molecule has 1 N–H and O–H groups in total. The minimum Gasteiger partial charge on any atom is -0.383 e. The van der Waals surface area contributed by atoms with Gasteiger partial charge in [0.15, 0.2) is 0 Å². The number of benzene rings is 4. The van der Waals surface area contributed by atoms with Gasteiger partial charge in [-0.25, -0.2) is 13.2 Å². The minimum atomic E-state index is -0.301. The Morgan fingerprint density at radius 3 is 1.39 bits per heavy atom. The molecule has 0 unspecified atom stereocenters. The summed E-state index contributed by atoms with van der Waals surface area (Å²) < 4.78 is 41.4. The van der Waals surface area contributed by atoms with Crippen LogP contribution in [0.15, 0.2) is 114 Å². The van der Waals surface area contributed by atoms with E-state index < -0.39 is 0 Å². The van der Waals surface area contributed by atoms with Gasteiger partial charge in [-0.2, -0.15) is 0 Å². The van der Waals surface area contributed by atoms with Crippen LogP contribution in [0.25, 0.3) is 0 Å². The monoisotopic (exact) mass is 499 g/mol. The van der Waals surface area contributed by atoms with Crippen molar-refractivity contribution in [3.63, 3.8) is 0 Å². The number of nitrogens with one attached hydrogen (secondary N) is 1. The first-order valence-electron chi connectivity index (χ1n) is 10.2. The van der Waals surface area contributed by atoms with Gasteiger partial charge in [0, 0.05) is 35.9 Å². The third-order valence-electron chi connectivity index (χ3n) is 4.47. The number of hydrogen-bond donors (Lipinski definition) is 1. The first-order valence-corrected chi connectivity index (χ1v) is 12.7. The summed E-state index contributed by atoms with van der Waals surface area (Å²) in [6.45, 7) is 2.69. The summed E-state index contributed by atoms with van der Waals surface area (Å²) >= 11 is 4.34. The molecule has 0 radical (unpaired) electrons. The van der Waals surface area contributed by atoms with Crippen LogP contribution in [0.2, 0.25) is 0 Å². The van der Waals surface area contributed by atoms with E-state index in [4.69, 9.17) is 0 Å². The van der Waals surface area contributed by atoms with Gasteiger partial charge in [-0.3, -0.25) is 0 Å². The molecule has 4 aromatic carbocycles. The zero-order chi connectivity index (χ0) is 23.2. The van der Waals surface area contributed by atoms with Crippen molar-refractivity contribution in [1.82, 2.24) is 0 Å². The summed E-state index contributed by atoms with van der Waals surface area (Å²) in [6.07, 6.45) is 0. The zero-order valence-electron chi connectivity index (χ0n) is 17.6. The summed E-state index contributed by atoms with van der Waals surface area (Å²) in [5.74, 6) is -0.901. The summed E-state index contributed by atoms with van der Waals surface area (Å²) in [6, 6.07) is 23.3. The number of anilines is 1. The Hall–Kier alpha value is -2.48. The van der Waals surface area contributed by atoms with E-state index in [9.17, 15) is 13.2 Å². The second-order valence-corrected chi connectivity index (χ2v) is 10.4. The quantitative estimate of drug-likeness (QED) is 0.259. The van der Waals surface area contributed by atoms with Gasteiger partial charge in [-0.1, -0.05) is 53.5 Å². The van der Waals surface area contributed by atoms with Crippen LogP contribution < -0.4 is 5.32 Å². The predicted molar refractivity (Wildman–Crippen MR) is 132 cm³/mol. The van der Waals surface area contributed by atoms with E-state index in [1.807, 2.05) is 37.3 Å². The van der Waals surface area contributed by atoms with Gasteiger partial charge in [0.2, 0.25) is 0 Å². The highest BCUT2D eigenvalue weighted by atomic mass is 32.2. The molecule has 0 amide bonds. The maximum Gasteiger partial charge on any atom is 0.124 e. The van der Waals surface area contributed by atoms with Gasteiger partial charge < -0.3 is 5.32 Å². The van der Waals surface area contributed by atoms with Crippen molar-refractivity contribution in [2.24, 2.45) is 0 Å². The Morgan fingerprint density at radius 1 is 0.576 bits per heavy atom. The van der Waals surface area contributed by atoms with Crippen molar-refractivity contribution in [3.05, 3.63) is 102 Å². The van der Waals surface area contributed by atoms with Gasteiger partial charge >= 0.3 is 0 Å². The highest BCUT2D eigenvalue weighted by molar-refractivity contribution is 8.01. The van der Waals surface area contributed by atoms with Gasteiger partial charge in [0.25, 0.3) is 0 Å². The lowest BCUT2D eigenvalue weighted by Gasteiger charge is -2.18. The summed E-state index contributed by atoms with van der Waals surface area (Å²) in [5.41, 5.74) is 0.893. The third-order valence-corrected chi connectivity index (χ3v) is 7.50. The van der Waals surface area contributed by atoms with Gasteiger partial charge in [0.1, 0.15) is 17.5 Å². The molecule has 0 heterocycles. The Labute approximate surface area is 204 Å².